The quantitative estimate of drug-likeness (QED) is 0.669. The molecule has 0 spiro atoms. The van der Waals surface area contributed by atoms with Crippen LogP contribution in [0, 0.1) is 0 Å². The van der Waals surface area contributed by atoms with E-state index in [1.54, 1.807) is 6.20 Å². The SMILES string of the molecule is CC1(C)OB(c2ccc(-c3cnnn3Cc3ccccc3)cc2)OC1(C)C. The molecule has 4 rings (SSSR count). The van der Waals surface area contributed by atoms with Crippen molar-refractivity contribution in [1.29, 1.82) is 0 Å². The van der Waals surface area contributed by atoms with Crippen molar-refractivity contribution < 1.29 is 9.31 Å². The van der Waals surface area contributed by atoms with Gasteiger partial charge in [0.25, 0.3) is 0 Å². The molecule has 1 saturated heterocycles. The van der Waals surface area contributed by atoms with Gasteiger partial charge in [0, 0.05) is 5.56 Å². The first-order valence-corrected chi connectivity index (χ1v) is 9.24. The highest BCUT2D eigenvalue weighted by Gasteiger charge is 2.51. The Labute approximate surface area is 160 Å². The fraction of sp³-hybridized carbons (Fsp3) is 0.333. The topological polar surface area (TPSA) is 49.2 Å². The Kier molecular flexibility index (Phi) is 4.40. The van der Waals surface area contributed by atoms with E-state index >= 15 is 0 Å². The van der Waals surface area contributed by atoms with Crippen molar-refractivity contribution in [1.82, 2.24) is 15.0 Å². The van der Waals surface area contributed by atoms with Crippen molar-refractivity contribution in [2.45, 2.75) is 45.4 Å². The summed E-state index contributed by atoms with van der Waals surface area (Å²) in [6, 6.07) is 18.5. The van der Waals surface area contributed by atoms with Gasteiger partial charge >= 0.3 is 7.12 Å². The molecule has 0 N–H and O–H groups in total. The summed E-state index contributed by atoms with van der Waals surface area (Å²) >= 11 is 0. The molecule has 0 aliphatic carbocycles. The maximum Gasteiger partial charge on any atom is 0.494 e. The molecule has 0 bridgehead atoms. The molecule has 138 valence electrons. The average molecular weight is 361 g/mol. The molecule has 1 aliphatic heterocycles. The molecule has 0 radical (unpaired) electrons. The molecule has 0 atom stereocenters. The highest BCUT2D eigenvalue weighted by molar-refractivity contribution is 6.62. The molecule has 1 aliphatic rings. The van der Waals surface area contributed by atoms with E-state index in [-0.39, 0.29) is 18.3 Å². The van der Waals surface area contributed by atoms with Gasteiger partial charge in [0.2, 0.25) is 0 Å². The van der Waals surface area contributed by atoms with Gasteiger partial charge in [-0.3, -0.25) is 0 Å². The molecule has 27 heavy (non-hydrogen) atoms. The third-order valence-corrected chi connectivity index (χ3v) is 5.52. The number of aromatic nitrogens is 3. The molecule has 5 nitrogen and oxygen atoms in total. The maximum atomic E-state index is 6.13. The van der Waals surface area contributed by atoms with E-state index in [4.69, 9.17) is 9.31 Å². The number of hydrogen-bond donors (Lipinski definition) is 0. The van der Waals surface area contributed by atoms with Gasteiger partial charge in [-0.2, -0.15) is 0 Å². The lowest BCUT2D eigenvalue weighted by atomic mass is 9.79. The Morgan fingerprint density at radius 1 is 0.889 bits per heavy atom. The highest BCUT2D eigenvalue weighted by Crippen LogP contribution is 2.36. The molecule has 2 heterocycles. The summed E-state index contributed by atoms with van der Waals surface area (Å²) in [5.74, 6) is 0. The molecular formula is C21H24BN3O2. The molecule has 0 unspecified atom stereocenters. The van der Waals surface area contributed by atoms with Crippen LogP contribution in [0.5, 0.6) is 0 Å². The van der Waals surface area contributed by atoms with Crippen LogP contribution in [-0.2, 0) is 15.9 Å². The summed E-state index contributed by atoms with van der Waals surface area (Å²) in [5, 5.41) is 8.34. The molecular weight excluding hydrogens is 337 g/mol. The summed E-state index contributed by atoms with van der Waals surface area (Å²) in [6.07, 6.45) is 1.80. The van der Waals surface area contributed by atoms with E-state index in [0.717, 1.165) is 16.7 Å². The minimum Gasteiger partial charge on any atom is -0.399 e. The summed E-state index contributed by atoms with van der Waals surface area (Å²) in [7, 11) is -0.351. The molecule has 2 aromatic carbocycles. The normalized spacial score (nSPS) is 18.0. The number of hydrogen-bond acceptors (Lipinski definition) is 4. The van der Waals surface area contributed by atoms with Crippen molar-refractivity contribution in [2.24, 2.45) is 0 Å². The zero-order valence-electron chi connectivity index (χ0n) is 16.2. The lowest BCUT2D eigenvalue weighted by Crippen LogP contribution is -2.41. The van der Waals surface area contributed by atoms with Gasteiger partial charge in [0.15, 0.2) is 0 Å². The van der Waals surface area contributed by atoms with Crippen molar-refractivity contribution in [3.8, 4) is 11.3 Å². The Bertz CT molecular complexity index is 904. The molecule has 0 saturated carbocycles. The lowest BCUT2D eigenvalue weighted by molar-refractivity contribution is 0.00578. The third-order valence-electron chi connectivity index (χ3n) is 5.52. The summed E-state index contributed by atoms with van der Waals surface area (Å²) in [4.78, 5) is 0. The van der Waals surface area contributed by atoms with E-state index in [1.165, 1.54) is 5.56 Å². The first-order valence-electron chi connectivity index (χ1n) is 9.24. The number of rotatable bonds is 4. The second-order valence-corrected chi connectivity index (χ2v) is 7.97. The van der Waals surface area contributed by atoms with Gasteiger partial charge in [0.05, 0.1) is 29.6 Å². The summed E-state index contributed by atoms with van der Waals surface area (Å²) < 4.78 is 14.2. The highest BCUT2D eigenvalue weighted by atomic mass is 16.7. The van der Waals surface area contributed by atoms with Gasteiger partial charge in [-0.1, -0.05) is 59.8 Å². The first kappa shape index (κ1) is 18.0. The molecule has 0 amide bonds. The van der Waals surface area contributed by atoms with E-state index < -0.39 is 0 Å². The number of nitrogens with zero attached hydrogens (tertiary/aromatic N) is 3. The van der Waals surface area contributed by atoms with Crippen molar-refractivity contribution in [3.05, 3.63) is 66.4 Å². The third kappa shape index (κ3) is 3.43. The van der Waals surface area contributed by atoms with Crippen molar-refractivity contribution >= 4 is 12.6 Å². The minimum atomic E-state index is -0.351. The Morgan fingerprint density at radius 2 is 1.52 bits per heavy atom. The molecule has 1 fully saturated rings. The van der Waals surface area contributed by atoms with E-state index in [1.807, 2.05) is 22.9 Å². The largest absolute Gasteiger partial charge is 0.494 e. The molecule has 1 aromatic heterocycles. The van der Waals surface area contributed by atoms with Crippen LogP contribution >= 0.6 is 0 Å². The zero-order valence-corrected chi connectivity index (χ0v) is 16.2. The fourth-order valence-electron chi connectivity index (χ4n) is 3.14. The first-order chi connectivity index (χ1) is 12.9. The van der Waals surface area contributed by atoms with Crippen LogP contribution in [0.4, 0.5) is 0 Å². The van der Waals surface area contributed by atoms with Crippen LogP contribution in [-0.4, -0.2) is 33.3 Å². The van der Waals surface area contributed by atoms with Gasteiger partial charge in [-0.15, -0.1) is 5.10 Å². The van der Waals surface area contributed by atoms with E-state index in [2.05, 4.69) is 74.4 Å². The Hall–Kier alpha value is -2.44. The maximum absolute atomic E-state index is 6.13. The van der Waals surface area contributed by atoms with Gasteiger partial charge in [-0.25, -0.2) is 4.68 Å². The van der Waals surface area contributed by atoms with Crippen LogP contribution in [0.25, 0.3) is 11.3 Å². The van der Waals surface area contributed by atoms with Crippen LogP contribution in [0.2, 0.25) is 0 Å². The van der Waals surface area contributed by atoms with Gasteiger partial charge in [-0.05, 0) is 38.7 Å². The monoisotopic (exact) mass is 361 g/mol. The van der Waals surface area contributed by atoms with Crippen LogP contribution in [0.3, 0.4) is 0 Å². The smallest absolute Gasteiger partial charge is 0.399 e. The van der Waals surface area contributed by atoms with Crippen molar-refractivity contribution in [3.63, 3.8) is 0 Å². The Morgan fingerprint density at radius 3 is 2.15 bits per heavy atom. The van der Waals surface area contributed by atoms with Crippen LogP contribution in [0.1, 0.15) is 33.3 Å². The predicted molar refractivity (Wildman–Crippen MR) is 107 cm³/mol. The minimum absolute atomic E-state index is 0.339. The molecule has 6 heteroatoms. The zero-order chi connectivity index (χ0) is 19.1. The molecule has 3 aromatic rings. The number of benzene rings is 2. The Balaban J connectivity index is 1.55. The second kappa shape index (κ2) is 6.62. The fourth-order valence-corrected chi connectivity index (χ4v) is 3.14. The average Bonchev–Trinajstić information content (AvgIpc) is 3.18. The van der Waals surface area contributed by atoms with Crippen LogP contribution < -0.4 is 5.46 Å². The van der Waals surface area contributed by atoms with Gasteiger partial charge < -0.3 is 9.31 Å². The standard InChI is InChI=1S/C21H24BN3O2/c1-20(2)21(3,4)27-22(26-20)18-12-10-17(11-13-18)19-14-23-24-25(19)15-16-8-6-5-7-9-16/h5-14H,15H2,1-4H3. The van der Waals surface area contributed by atoms with E-state index in [0.29, 0.717) is 6.54 Å². The van der Waals surface area contributed by atoms with Crippen molar-refractivity contribution in [2.75, 3.05) is 0 Å². The summed E-state index contributed by atoms with van der Waals surface area (Å²) in [6.45, 7) is 8.95. The van der Waals surface area contributed by atoms with E-state index in [9.17, 15) is 0 Å². The lowest BCUT2D eigenvalue weighted by Gasteiger charge is -2.32. The second-order valence-electron chi connectivity index (χ2n) is 7.97. The van der Waals surface area contributed by atoms with Crippen LogP contribution in [0.15, 0.2) is 60.8 Å². The summed E-state index contributed by atoms with van der Waals surface area (Å²) in [5.41, 5.74) is 3.58. The predicted octanol–water partition coefficient (Wildman–Crippen LogP) is 3.29. The van der Waals surface area contributed by atoms with Gasteiger partial charge in [0.1, 0.15) is 0 Å².